The molecular weight excluding hydrogens is 382 g/mol. The van der Waals surface area contributed by atoms with Crippen molar-refractivity contribution in [2.45, 2.75) is 6.18 Å². The predicted octanol–water partition coefficient (Wildman–Crippen LogP) is 4.97. The van der Waals surface area contributed by atoms with Gasteiger partial charge in [-0.2, -0.15) is 18.4 Å². The van der Waals surface area contributed by atoms with Crippen molar-refractivity contribution in [2.75, 3.05) is 0 Å². The highest BCUT2D eigenvalue weighted by atomic mass is 127. The molecule has 2 rings (SSSR count). The topological polar surface area (TPSA) is 36.9 Å². The molecule has 1 aromatic carbocycles. The summed E-state index contributed by atoms with van der Waals surface area (Å²) in [4.78, 5) is 0. The van der Waals surface area contributed by atoms with Crippen LogP contribution in [0.25, 0.3) is 11.6 Å². The Morgan fingerprint density at radius 1 is 1.15 bits per heavy atom. The van der Waals surface area contributed by atoms with E-state index in [0.717, 1.165) is 12.1 Å². The van der Waals surface area contributed by atoms with Crippen molar-refractivity contribution < 1.29 is 17.6 Å². The van der Waals surface area contributed by atoms with Crippen LogP contribution in [0.4, 0.5) is 13.2 Å². The second-order valence-electron chi connectivity index (χ2n) is 3.89. The van der Waals surface area contributed by atoms with Crippen molar-refractivity contribution in [2.24, 2.45) is 0 Å². The molecule has 0 bridgehead atoms. The van der Waals surface area contributed by atoms with Crippen molar-refractivity contribution in [3.05, 3.63) is 57.1 Å². The molecular formula is C14H7F3INO. The van der Waals surface area contributed by atoms with Crippen LogP contribution in [0.1, 0.15) is 16.9 Å². The molecule has 0 aliphatic carbocycles. The summed E-state index contributed by atoms with van der Waals surface area (Å²) in [6, 6.07) is 9.81. The van der Waals surface area contributed by atoms with Gasteiger partial charge in [0, 0.05) is 0 Å². The second-order valence-corrected chi connectivity index (χ2v) is 4.95. The van der Waals surface area contributed by atoms with Crippen LogP contribution in [0.3, 0.4) is 0 Å². The quantitative estimate of drug-likeness (QED) is 0.538. The molecule has 0 radical (unpaired) electrons. The van der Waals surface area contributed by atoms with Crippen LogP contribution in [0.2, 0.25) is 0 Å². The summed E-state index contributed by atoms with van der Waals surface area (Å²) in [6.07, 6.45) is -2.89. The summed E-state index contributed by atoms with van der Waals surface area (Å²) < 4.78 is 43.3. The van der Waals surface area contributed by atoms with Crippen LogP contribution in [0, 0.1) is 15.1 Å². The lowest BCUT2D eigenvalue weighted by Gasteiger charge is -2.06. The number of halogens is 4. The molecule has 0 saturated heterocycles. The summed E-state index contributed by atoms with van der Waals surface area (Å²) in [6.45, 7) is 0. The molecule has 0 N–H and O–H groups in total. The zero-order chi connectivity index (χ0) is 14.8. The van der Waals surface area contributed by atoms with Crippen molar-refractivity contribution >= 4 is 34.2 Å². The average Bonchev–Trinajstić information content (AvgIpc) is 2.81. The fraction of sp³-hybridized carbons (Fsp3) is 0.0714. The van der Waals surface area contributed by atoms with Gasteiger partial charge in [0.1, 0.15) is 5.76 Å². The third kappa shape index (κ3) is 3.42. The van der Waals surface area contributed by atoms with Gasteiger partial charge in [0.2, 0.25) is 0 Å². The molecule has 1 aromatic heterocycles. The first-order valence-electron chi connectivity index (χ1n) is 5.45. The lowest BCUT2D eigenvalue weighted by atomic mass is 10.0. The molecule has 0 aliphatic rings. The van der Waals surface area contributed by atoms with Gasteiger partial charge in [-0.1, -0.05) is 12.1 Å². The lowest BCUT2D eigenvalue weighted by molar-refractivity contribution is -0.137. The molecule has 0 saturated carbocycles. The van der Waals surface area contributed by atoms with Crippen LogP contribution in [0.5, 0.6) is 0 Å². The van der Waals surface area contributed by atoms with Crippen molar-refractivity contribution in [3.63, 3.8) is 0 Å². The van der Waals surface area contributed by atoms with E-state index in [2.05, 4.69) is 0 Å². The van der Waals surface area contributed by atoms with Crippen LogP contribution in [-0.4, -0.2) is 0 Å². The first kappa shape index (κ1) is 14.7. The van der Waals surface area contributed by atoms with Crippen molar-refractivity contribution in [3.8, 4) is 6.07 Å². The fourth-order valence-electron chi connectivity index (χ4n) is 1.57. The Hall–Kier alpha value is -1.75. The highest BCUT2D eigenvalue weighted by molar-refractivity contribution is 14.1. The Labute approximate surface area is 126 Å². The normalized spacial score (nSPS) is 12.2. The van der Waals surface area contributed by atoms with E-state index >= 15 is 0 Å². The minimum absolute atomic E-state index is 0.240. The number of alkyl halides is 3. The summed E-state index contributed by atoms with van der Waals surface area (Å²) in [5.41, 5.74) is -0.0949. The highest BCUT2D eigenvalue weighted by Gasteiger charge is 2.30. The van der Waals surface area contributed by atoms with Crippen molar-refractivity contribution in [1.82, 2.24) is 0 Å². The summed E-state index contributed by atoms with van der Waals surface area (Å²) in [7, 11) is 0. The van der Waals surface area contributed by atoms with Gasteiger partial charge in [0.25, 0.3) is 0 Å². The first-order chi connectivity index (χ1) is 9.40. The number of rotatable bonds is 2. The predicted molar refractivity (Wildman–Crippen MR) is 76.4 cm³/mol. The first-order valence-corrected chi connectivity index (χ1v) is 6.53. The number of allylic oxidation sites excluding steroid dienone is 1. The molecule has 0 unspecified atom stereocenters. The zero-order valence-electron chi connectivity index (χ0n) is 9.91. The van der Waals surface area contributed by atoms with Crippen LogP contribution >= 0.6 is 22.6 Å². The third-order valence-corrected chi connectivity index (χ3v) is 3.10. The molecule has 0 aliphatic heterocycles. The van der Waals surface area contributed by atoms with Gasteiger partial charge in [-0.3, -0.25) is 0 Å². The Kier molecular flexibility index (Phi) is 4.18. The molecule has 0 amide bonds. The van der Waals surface area contributed by atoms with E-state index in [1.165, 1.54) is 18.2 Å². The average molecular weight is 389 g/mol. The van der Waals surface area contributed by atoms with E-state index in [1.807, 2.05) is 28.7 Å². The van der Waals surface area contributed by atoms with E-state index < -0.39 is 11.7 Å². The molecule has 2 nitrogen and oxygen atoms in total. The van der Waals surface area contributed by atoms with E-state index in [0.29, 0.717) is 15.1 Å². The van der Waals surface area contributed by atoms with Gasteiger partial charge in [0.05, 0.1) is 17.2 Å². The molecule has 1 heterocycles. The van der Waals surface area contributed by atoms with Crippen LogP contribution < -0.4 is 0 Å². The lowest BCUT2D eigenvalue weighted by Crippen LogP contribution is -2.04. The Balaban J connectivity index is 2.34. The second kappa shape index (κ2) is 5.71. The van der Waals surface area contributed by atoms with Gasteiger partial charge < -0.3 is 4.42 Å². The van der Waals surface area contributed by atoms with Gasteiger partial charge in [0.15, 0.2) is 3.77 Å². The number of benzene rings is 1. The number of hydrogen-bond acceptors (Lipinski definition) is 2. The minimum atomic E-state index is -4.38. The molecule has 0 atom stereocenters. The maximum Gasteiger partial charge on any atom is 0.416 e. The number of hydrogen-bond donors (Lipinski definition) is 0. The Bertz CT molecular complexity index is 678. The largest absolute Gasteiger partial charge is 0.451 e. The maximum atomic E-state index is 12.5. The molecule has 2 aromatic rings. The Morgan fingerprint density at radius 3 is 2.25 bits per heavy atom. The molecule has 0 spiro atoms. The zero-order valence-corrected chi connectivity index (χ0v) is 12.1. The molecule has 6 heteroatoms. The van der Waals surface area contributed by atoms with Crippen LogP contribution in [-0.2, 0) is 6.18 Å². The Morgan fingerprint density at radius 2 is 1.80 bits per heavy atom. The minimum Gasteiger partial charge on any atom is -0.451 e. The van der Waals surface area contributed by atoms with E-state index in [9.17, 15) is 13.2 Å². The van der Waals surface area contributed by atoms with Gasteiger partial charge in [-0.15, -0.1) is 0 Å². The monoisotopic (exact) mass is 389 g/mol. The van der Waals surface area contributed by atoms with Gasteiger partial charge in [-0.25, -0.2) is 0 Å². The van der Waals surface area contributed by atoms with Crippen molar-refractivity contribution in [1.29, 1.82) is 5.26 Å². The SMILES string of the molecule is N#C/C(=C/c1ccc(I)o1)c1ccc(C(F)(F)F)cc1. The summed E-state index contributed by atoms with van der Waals surface area (Å²) >= 11 is 1.98. The number of nitrogens with zero attached hydrogens (tertiary/aromatic N) is 1. The highest BCUT2D eigenvalue weighted by Crippen LogP contribution is 2.30. The fourth-order valence-corrected chi connectivity index (χ4v) is 2.00. The molecule has 20 heavy (non-hydrogen) atoms. The van der Waals surface area contributed by atoms with Crippen LogP contribution in [0.15, 0.2) is 40.8 Å². The molecule has 0 fully saturated rings. The van der Waals surface area contributed by atoms with E-state index in [-0.39, 0.29) is 5.57 Å². The van der Waals surface area contributed by atoms with Gasteiger partial charge in [-0.05, 0) is 58.5 Å². The van der Waals surface area contributed by atoms with Gasteiger partial charge >= 0.3 is 6.18 Å². The van der Waals surface area contributed by atoms with E-state index in [1.54, 1.807) is 12.1 Å². The maximum absolute atomic E-state index is 12.5. The standard InChI is InChI=1S/C14H7F3INO/c15-14(16,17)11-3-1-9(2-4-11)10(8-19)7-12-5-6-13(18)20-12/h1-7H/b10-7-. The summed E-state index contributed by atoms with van der Waals surface area (Å²) in [5.74, 6) is 0.478. The molecule has 102 valence electrons. The number of nitriles is 1. The third-order valence-electron chi connectivity index (χ3n) is 2.52. The number of furan rings is 1. The summed E-state index contributed by atoms with van der Waals surface area (Å²) in [5, 5.41) is 9.09. The smallest absolute Gasteiger partial charge is 0.416 e. The van der Waals surface area contributed by atoms with E-state index in [4.69, 9.17) is 9.68 Å².